The summed E-state index contributed by atoms with van der Waals surface area (Å²) >= 11 is 0. The normalized spacial score (nSPS) is 9.45. The van der Waals surface area contributed by atoms with E-state index < -0.39 is 5.97 Å². The molecule has 0 atom stereocenters. The van der Waals surface area contributed by atoms with E-state index in [0.717, 1.165) is 4.57 Å². The van der Waals surface area contributed by atoms with Gasteiger partial charge in [-0.25, -0.2) is 0 Å². The zero-order valence-electron chi connectivity index (χ0n) is 5.69. The van der Waals surface area contributed by atoms with Crippen LogP contribution in [0.1, 0.15) is 0 Å². The molecule has 1 aromatic heterocycles. The van der Waals surface area contributed by atoms with Gasteiger partial charge < -0.3 is 14.5 Å². The molecule has 4 nitrogen and oxygen atoms in total. The summed E-state index contributed by atoms with van der Waals surface area (Å²) < 4.78 is 1.06. The van der Waals surface area contributed by atoms with Crippen LogP contribution in [0.4, 0.5) is 0 Å². The summed E-state index contributed by atoms with van der Waals surface area (Å²) in [4.78, 5) is 20.9. The maximum Gasteiger partial charge on any atom is 0.250 e. The Hall–Kier alpha value is -1.58. The minimum Gasteiger partial charge on any atom is -0.548 e. The lowest BCUT2D eigenvalue weighted by Crippen LogP contribution is -2.32. The van der Waals surface area contributed by atoms with Gasteiger partial charge in [0.25, 0.3) is 5.56 Å². The first kappa shape index (κ1) is 7.53. The molecule has 0 saturated carbocycles. The predicted octanol–water partition coefficient (Wildman–Crippen LogP) is -1.40. The highest BCUT2D eigenvalue weighted by Gasteiger charge is 1.91. The molecule has 0 bridgehead atoms. The standard InChI is InChI=1S/C7H7NO3/c9-6-3-1-2-4-8(6)5-7(10)11/h1-4H,5H2,(H,10,11)/p-1. The van der Waals surface area contributed by atoms with Crippen LogP contribution in [0.15, 0.2) is 29.2 Å². The van der Waals surface area contributed by atoms with Gasteiger partial charge in [0, 0.05) is 12.3 Å². The van der Waals surface area contributed by atoms with Crippen molar-refractivity contribution in [1.29, 1.82) is 0 Å². The third kappa shape index (κ3) is 1.93. The second-order valence-corrected chi connectivity index (χ2v) is 2.04. The van der Waals surface area contributed by atoms with Crippen molar-refractivity contribution in [3.8, 4) is 0 Å². The van der Waals surface area contributed by atoms with E-state index in [-0.39, 0.29) is 12.1 Å². The third-order valence-electron chi connectivity index (χ3n) is 1.20. The van der Waals surface area contributed by atoms with E-state index in [1.54, 1.807) is 12.1 Å². The number of aromatic nitrogens is 1. The van der Waals surface area contributed by atoms with E-state index in [0.29, 0.717) is 0 Å². The van der Waals surface area contributed by atoms with Crippen LogP contribution in [0.5, 0.6) is 0 Å². The van der Waals surface area contributed by atoms with E-state index >= 15 is 0 Å². The molecule has 0 unspecified atom stereocenters. The SMILES string of the molecule is O=C([O-])Cn1ccccc1=O. The number of hydrogen-bond acceptors (Lipinski definition) is 3. The Labute approximate surface area is 62.7 Å². The van der Waals surface area contributed by atoms with Gasteiger partial charge in [-0.05, 0) is 6.07 Å². The molecule has 11 heavy (non-hydrogen) atoms. The van der Waals surface area contributed by atoms with Crippen LogP contribution in [0, 0.1) is 0 Å². The highest BCUT2D eigenvalue weighted by atomic mass is 16.4. The van der Waals surface area contributed by atoms with Gasteiger partial charge in [-0.3, -0.25) is 4.79 Å². The molecule has 0 aliphatic heterocycles. The Bertz CT molecular complexity index is 315. The number of rotatable bonds is 2. The summed E-state index contributed by atoms with van der Waals surface area (Å²) in [7, 11) is 0. The van der Waals surface area contributed by atoms with Gasteiger partial charge in [-0.15, -0.1) is 0 Å². The molecule has 0 aromatic carbocycles. The van der Waals surface area contributed by atoms with Gasteiger partial charge in [0.05, 0.1) is 12.5 Å². The molecule has 0 spiro atoms. The molecule has 0 aliphatic rings. The zero-order valence-corrected chi connectivity index (χ0v) is 5.69. The van der Waals surface area contributed by atoms with Crippen molar-refractivity contribution in [2.75, 3.05) is 0 Å². The van der Waals surface area contributed by atoms with E-state index in [1.165, 1.54) is 12.3 Å². The molecular formula is C7H6NO3-. The Morgan fingerprint density at radius 1 is 1.55 bits per heavy atom. The largest absolute Gasteiger partial charge is 0.548 e. The number of carboxylic acid groups (broad SMARTS) is 1. The summed E-state index contributed by atoms with van der Waals surface area (Å²) in [6.45, 7) is -0.389. The number of pyridine rings is 1. The first-order valence-electron chi connectivity index (χ1n) is 3.05. The number of aliphatic carboxylic acids is 1. The van der Waals surface area contributed by atoms with Gasteiger partial charge in [0.2, 0.25) is 0 Å². The predicted molar refractivity (Wildman–Crippen MR) is 35.7 cm³/mol. The zero-order chi connectivity index (χ0) is 8.27. The lowest BCUT2D eigenvalue weighted by Gasteiger charge is -2.03. The molecule has 0 saturated heterocycles. The minimum absolute atomic E-state index is 0.336. The van der Waals surface area contributed by atoms with Gasteiger partial charge in [-0.2, -0.15) is 0 Å². The van der Waals surface area contributed by atoms with Crippen LogP contribution in [-0.4, -0.2) is 10.5 Å². The van der Waals surface area contributed by atoms with Gasteiger partial charge in [0.1, 0.15) is 0 Å². The van der Waals surface area contributed by atoms with Crippen LogP contribution in [0.3, 0.4) is 0 Å². The Kier molecular flexibility index (Phi) is 2.06. The number of carbonyl (C=O) groups is 1. The van der Waals surface area contributed by atoms with Crippen LogP contribution in [0.25, 0.3) is 0 Å². The van der Waals surface area contributed by atoms with Crippen LogP contribution < -0.4 is 10.7 Å². The molecule has 4 heteroatoms. The molecule has 1 aromatic rings. The van der Waals surface area contributed by atoms with Crippen molar-refractivity contribution < 1.29 is 9.90 Å². The molecular weight excluding hydrogens is 146 g/mol. The van der Waals surface area contributed by atoms with Crippen molar-refractivity contribution >= 4 is 5.97 Å². The summed E-state index contributed by atoms with van der Waals surface area (Å²) in [6, 6.07) is 4.43. The molecule has 0 fully saturated rings. The van der Waals surface area contributed by atoms with Gasteiger partial charge >= 0.3 is 0 Å². The highest BCUT2D eigenvalue weighted by Crippen LogP contribution is 1.79. The quantitative estimate of drug-likeness (QED) is 0.523. The number of nitrogens with zero attached hydrogens (tertiary/aromatic N) is 1. The lowest BCUT2D eigenvalue weighted by atomic mass is 10.4. The highest BCUT2D eigenvalue weighted by molar-refractivity contribution is 5.63. The van der Waals surface area contributed by atoms with Crippen LogP contribution >= 0.6 is 0 Å². The smallest absolute Gasteiger partial charge is 0.250 e. The molecule has 0 N–H and O–H groups in total. The topological polar surface area (TPSA) is 62.1 Å². The lowest BCUT2D eigenvalue weighted by molar-refractivity contribution is -0.306. The van der Waals surface area contributed by atoms with Crippen LogP contribution in [0.2, 0.25) is 0 Å². The van der Waals surface area contributed by atoms with E-state index in [1.807, 2.05) is 0 Å². The number of carbonyl (C=O) groups excluding carboxylic acids is 1. The summed E-state index contributed by atoms with van der Waals surface area (Å²) in [6.07, 6.45) is 1.40. The average molecular weight is 152 g/mol. The Morgan fingerprint density at radius 2 is 2.27 bits per heavy atom. The second kappa shape index (κ2) is 3.01. The molecule has 58 valence electrons. The molecule has 1 rings (SSSR count). The fourth-order valence-electron chi connectivity index (χ4n) is 0.730. The van der Waals surface area contributed by atoms with Gasteiger partial charge in [-0.1, -0.05) is 6.07 Å². The average Bonchev–Trinajstić information content (AvgIpc) is 1.93. The molecule has 1 heterocycles. The van der Waals surface area contributed by atoms with Crippen molar-refractivity contribution in [2.24, 2.45) is 0 Å². The van der Waals surface area contributed by atoms with Crippen molar-refractivity contribution in [2.45, 2.75) is 6.54 Å². The second-order valence-electron chi connectivity index (χ2n) is 2.04. The minimum atomic E-state index is -1.27. The van der Waals surface area contributed by atoms with Gasteiger partial charge in [0.15, 0.2) is 0 Å². The maximum atomic E-state index is 10.8. The van der Waals surface area contributed by atoms with E-state index in [9.17, 15) is 14.7 Å². The molecule has 0 amide bonds. The van der Waals surface area contributed by atoms with Crippen LogP contribution in [-0.2, 0) is 11.3 Å². The van der Waals surface area contributed by atoms with E-state index in [4.69, 9.17) is 0 Å². The fourth-order valence-corrected chi connectivity index (χ4v) is 0.730. The molecule has 0 radical (unpaired) electrons. The third-order valence-corrected chi connectivity index (χ3v) is 1.20. The Balaban J connectivity index is 2.95. The van der Waals surface area contributed by atoms with Crippen molar-refractivity contribution in [1.82, 2.24) is 4.57 Å². The fraction of sp³-hybridized carbons (Fsp3) is 0.143. The summed E-state index contributed by atoms with van der Waals surface area (Å²) in [5.74, 6) is -1.27. The molecule has 0 aliphatic carbocycles. The first-order chi connectivity index (χ1) is 5.20. The first-order valence-corrected chi connectivity index (χ1v) is 3.05. The number of hydrogen-bond donors (Lipinski definition) is 0. The van der Waals surface area contributed by atoms with Crippen molar-refractivity contribution in [3.05, 3.63) is 34.7 Å². The summed E-state index contributed by atoms with van der Waals surface area (Å²) in [5, 5.41) is 10.1. The summed E-state index contributed by atoms with van der Waals surface area (Å²) in [5.41, 5.74) is -0.336. The Morgan fingerprint density at radius 3 is 2.82 bits per heavy atom. The number of carboxylic acids is 1. The van der Waals surface area contributed by atoms with E-state index in [2.05, 4.69) is 0 Å². The maximum absolute atomic E-state index is 10.8. The van der Waals surface area contributed by atoms with Crippen molar-refractivity contribution in [3.63, 3.8) is 0 Å². The monoisotopic (exact) mass is 152 g/mol.